The molecular weight excluding hydrogens is 617 g/mol. The predicted octanol–water partition coefficient (Wildman–Crippen LogP) is 13.3. The number of nitrogens with zero attached hydrogens (tertiary/aromatic N) is 1. The molecule has 290 valence electrons. The maximum atomic E-state index is 12.5. The Kier molecular flexibility index (Phi) is 35.5. The van der Waals surface area contributed by atoms with Gasteiger partial charge in [0.1, 0.15) is 13.2 Å². The van der Waals surface area contributed by atoms with Crippen LogP contribution in [0, 0.1) is 0 Å². The van der Waals surface area contributed by atoms with Gasteiger partial charge in [-0.15, -0.1) is 0 Å². The van der Waals surface area contributed by atoms with Crippen LogP contribution in [0.5, 0.6) is 0 Å². The monoisotopic (exact) mass is 705 g/mol. The third kappa shape index (κ3) is 38.8. The fourth-order valence-electron chi connectivity index (χ4n) is 6.33. The van der Waals surface area contributed by atoms with E-state index in [1.54, 1.807) is 0 Å². The van der Waals surface area contributed by atoms with E-state index in [1.165, 1.54) is 180 Å². The van der Waals surface area contributed by atoms with Crippen LogP contribution in [0.3, 0.4) is 0 Å². The third-order valence-electron chi connectivity index (χ3n) is 9.67. The highest BCUT2D eigenvalue weighted by Crippen LogP contribution is 2.43. The molecule has 0 spiro atoms. The van der Waals surface area contributed by atoms with E-state index in [0.717, 1.165) is 19.3 Å². The van der Waals surface area contributed by atoms with Crippen molar-refractivity contribution in [2.45, 2.75) is 219 Å². The Morgan fingerprint density at radius 1 is 0.479 bits per heavy atom. The molecule has 0 fully saturated rings. The second kappa shape index (κ2) is 35.4. The zero-order valence-corrected chi connectivity index (χ0v) is 34.2. The van der Waals surface area contributed by atoms with Crippen molar-refractivity contribution in [1.82, 2.24) is 0 Å². The zero-order chi connectivity index (χ0) is 35.4. The highest BCUT2D eigenvalue weighted by atomic mass is 31.2. The Balaban J connectivity index is 4.08. The van der Waals surface area contributed by atoms with Gasteiger partial charge in [0.2, 0.25) is 0 Å². The minimum atomic E-state index is -4.07. The molecule has 1 N–H and O–H groups in total. The minimum Gasteiger partial charge on any atom is -0.376 e. The van der Waals surface area contributed by atoms with Gasteiger partial charge in [0, 0.05) is 6.61 Å². The van der Waals surface area contributed by atoms with Crippen LogP contribution >= 0.6 is 7.82 Å². The number of rotatable bonds is 40. The SMILES string of the molecule is CCCCCCCCCCCCCCCCCCC(COP(=O)(O)OCC[N+](C)(C)C)OCCCCCCCCCCCCCCCC. The van der Waals surface area contributed by atoms with E-state index in [-0.39, 0.29) is 19.3 Å². The Morgan fingerprint density at radius 2 is 0.812 bits per heavy atom. The first-order valence-corrected chi connectivity index (χ1v) is 22.7. The van der Waals surface area contributed by atoms with Gasteiger partial charge in [-0.1, -0.05) is 200 Å². The first-order chi connectivity index (χ1) is 23.2. The van der Waals surface area contributed by atoms with Gasteiger partial charge < -0.3 is 14.1 Å². The molecule has 0 aliphatic rings. The quantitative estimate of drug-likeness (QED) is 0.0391. The Bertz CT molecular complexity index is 686. The largest absolute Gasteiger partial charge is 0.472 e. The summed E-state index contributed by atoms with van der Waals surface area (Å²) >= 11 is 0. The lowest BCUT2D eigenvalue weighted by atomic mass is 10.0. The van der Waals surface area contributed by atoms with Crippen LogP contribution in [0.4, 0.5) is 0 Å². The molecule has 0 aromatic carbocycles. The summed E-state index contributed by atoms with van der Waals surface area (Å²) in [6.45, 7) is 6.23. The van der Waals surface area contributed by atoms with Crippen molar-refractivity contribution in [2.75, 3.05) is 47.5 Å². The molecule has 0 amide bonds. The number of hydrogen-bond acceptors (Lipinski definition) is 4. The Hall–Kier alpha value is 0.0300. The van der Waals surface area contributed by atoms with Gasteiger partial charge in [-0.05, 0) is 12.8 Å². The van der Waals surface area contributed by atoms with Gasteiger partial charge in [0.15, 0.2) is 0 Å². The number of quaternary nitrogens is 1. The Labute approximate surface area is 301 Å². The van der Waals surface area contributed by atoms with Crippen molar-refractivity contribution in [1.29, 1.82) is 0 Å². The molecule has 0 aromatic heterocycles. The van der Waals surface area contributed by atoms with E-state index in [9.17, 15) is 9.46 Å². The maximum Gasteiger partial charge on any atom is 0.472 e. The molecule has 0 bridgehead atoms. The number of likely N-dealkylation sites (N-methyl/N-ethyl adjacent to an activating group) is 1. The van der Waals surface area contributed by atoms with Crippen LogP contribution in [0.15, 0.2) is 0 Å². The van der Waals surface area contributed by atoms with Crippen molar-refractivity contribution in [3.63, 3.8) is 0 Å². The fraction of sp³-hybridized carbons (Fsp3) is 1.00. The average Bonchev–Trinajstić information content (AvgIpc) is 3.04. The summed E-state index contributed by atoms with van der Waals surface area (Å²) in [5.41, 5.74) is 0. The van der Waals surface area contributed by atoms with Gasteiger partial charge in [-0.2, -0.15) is 0 Å². The summed E-state index contributed by atoms with van der Waals surface area (Å²) in [6, 6.07) is 0. The predicted molar refractivity (Wildman–Crippen MR) is 209 cm³/mol. The molecule has 7 heteroatoms. The van der Waals surface area contributed by atoms with Gasteiger partial charge >= 0.3 is 7.82 Å². The van der Waals surface area contributed by atoms with Gasteiger partial charge in [0.05, 0.1) is 33.9 Å². The molecule has 2 atom stereocenters. The molecule has 0 radical (unpaired) electrons. The van der Waals surface area contributed by atoms with Crippen LogP contribution in [0.25, 0.3) is 0 Å². The van der Waals surface area contributed by atoms with E-state index < -0.39 is 7.82 Å². The van der Waals surface area contributed by atoms with E-state index in [2.05, 4.69) is 13.8 Å². The molecule has 0 heterocycles. The molecule has 0 rings (SSSR count). The summed E-state index contributed by atoms with van der Waals surface area (Å²) in [6.07, 6.45) is 41.1. The average molecular weight is 705 g/mol. The Morgan fingerprint density at radius 3 is 1.17 bits per heavy atom. The first kappa shape index (κ1) is 48.0. The van der Waals surface area contributed by atoms with E-state index in [1.807, 2.05) is 21.1 Å². The molecule has 6 nitrogen and oxygen atoms in total. The van der Waals surface area contributed by atoms with Gasteiger partial charge in [-0.3, -0.25) is 9.05 Å². The van der Waals surface area contributed by atoms with E-state index in [0.29, 0.717) is 17.6 Å². The zero-order valence-electron chi connectivity index (χ0n) is 33.3. The fourth-order valence-corrected chi connectivity index (χ4v) is 7.07. The van der Waals surface area contributed by atoms with Crippen molar-refractivity contribution in [3.05, 3.63) is 0 Å². The molecule has 0 aliphatic heterocycles. The van der Waals surface area contributed by atoms with E-state index >= 15 is 0 Å². The molecule has 0 aliphatic carbocycles. The summed E-state index contributed by atoms with van der Waals surface area (Å²) in [7, 11) is 2.03. The first-order valence-electron chi connectivity index (χ1n) is 21.2. The van der Waals surface area contributed by atoms with E-state index in [4.69, 9.17) is 13.8 Å². The molecule has 0 aromatic rings. The van der Waals surface area contributed by atoms with Gasteiger partial charge in [-0.25, -0.2) is 4.57 Å². The summed E-state index contributed by atoms with van der Waals surface area (Å²) in [5.74, 6) is 0. The summed E-state index contributed by atoms with van der Waals surface area (Å²) in [4.78, 5) is 10.2. The van der Waals surface area contributed by atoms with Gasteiger partial charge in [0.25, 0.3) is 0 Å². The standard InChI is InChI=1S/C41H86NO5P/c1-6-8-10-12-14-16-18-20-22-23-24-26-28-30-32-34-36-41(40-47-48(43,44)46-39-37-42(3,4)5)45-38-35-33-31-29-27-25-21-19-17-15-13-11-9-7-2/h41H,6-40H2,1-5H3/p+1. The smallest absolute Gasteiger partial charge is 0.376 e. The second-order valence-electron chi connectivity index (χ2n) is 15.8. The van der Waals surface area contributed by atoms with Crippen LogP contribution in [-0.2, 0) is 18.3 Å². The molecule has 0 saturated carbocycles. The molecule has 2 unspecified atom stereocenters. The lowest BCUT2D eigenvalue weighted by molar-refractivity contribution is -0.870. The summed E-state index contributed by atoms with van der Waals surface area (Å²) in [5, 5.41) is 0. The lowest BCUT2D eigenvalue weighted by Crippen LogP contribution is -2.37. The van der Waals surface area contributed by atoms with Crippen LogP contribution in [0.2, 0.25) is 0 Å². The van der Waals surface area contributed by atoms with Crippen LogP contribution in [-0.4, -0.2) is 63.0 Å². The van der Waals surface area contributed by atoms with Crippen LogP contribution in [0.1, 0.15) is 213 Å². The molecule has 48 heavy (non-hydrogen) atoms. The maximum absolute atomic E-state index is 12.5. The van der Waals surface area contributed by atoms with Crippen molar-refractivity contribution in [2.24, 2.45) is 0 Å². The highest BCUT2D eigenvalue weighted by Gasteiger charge is 2.24. The number of ether oxygens (including phenoxy) is 1. The molecule has 0 saturated heterocycles. The van der Waals surface area contributed by atoms with Crippen LogP contribution < -0.4 is 0 Å². The van der Waals surface area contributed by atoms with Crippen molar-refractivity contribution >= 4 is 7.82 Å². The number of hydrogen-bond donors (Lipinski definition) is 1. The topological polar surface area (TPSA) is 65.0 Å². The lowest BCUT2D eigenvalue weighted by Gasteiger charge is -2.24. The van der Waals surface area contributed by atoms with Crippen molar-refractivity contribution in [3.8, 4) is 0 Å². The molecular formula is C41H87NO5P+. The second-order valence-corrected chi connectivity index (χ2v) is 17.2. The highest BCUT2D eigenvalue weighted by molar-refractivity contribution is 7.47. The third-order valence-corrected chi connectivity index (χ3v) is 10.7. The number of phosphoric ester groups is 1. The minimum absolute atomic E-state index is 0.121. The number of unbranched alkanes of at least 4 members (excludes halogenated alkanes) is 28. The number of phosphoric acid groups is 1. The summed E-state index contributed by atoms with van der Waals surface area (Å²) < 4.78 is 30.0. The van der Waals surface area contributed by atoms with Crippen molar-refractivity contribution < 1.29 is 27.7 Å². The normalized spacial score (nSPS) is 14.0.